The van der Waals surface area contributed by atoms with Crippen LogP contribution in [0.2, 0.25) is 0 Å². The van der Waals surface area contributed by atoms with Gasteiger partial charge in [0.2, 0.25) is 0 Å². The molecule has 180 valence electrons. The largest absolute Gasteiger partial charge is 0.493 e. The fourth-order valence-corrected chi connectivity index (χ4v) is 5.09. The summed E-state index contributed by atoms with van der Waals surface area (Å²) in [5, 5.41) is 9.67. The molecule has 1 N–H and O–H groups in total. The summed E-state index contributed by atoms with van der Waals surface area (Å²) in [4.78, 5) is 4.85. The van der Waals surface area contributed by atoms with Crippen LogP contribution in [0, 0.1) is 13.8 Å². The highest BCUT2D eigenvalue weighted by atomic mass is 16.5. The molecule has 2 aliphatic heterocycles. The second-order valence-corrected chi connectivity index (χ2v) is 9.55. The van der Waals surface area contributed by atoms with E-state index in [1.54, 1.807) is 0 Å². The van der Waals surface area contributed by atoms with Crippen LogP contribution in [0.3, 0.4) is 0 Å². The van der Waals surface area contributed by atoms with Gasteiger partial charge in [0.05, 0.1) is 19.3 Å². The number of aliphatic hydroxyl groups is 1. The van der Waals surface area contributed by atoms with E-state index in [4.69, 9.17) is 9.47 Å². The van der Waals surface area contributed by atoms with Crippen molar-refractivity contribution in [3.05, 3.63) is 47.5 Å². The predicted molar refractivity (Wildman–Crippen MR) is 134 cm³/mol. The molecular formula is C28H40N2O3. The molecule has 0 amide bonds. The number of hydrogen-bond acceptors (Lipinski definition) is 5. The Morgan fingerprint density at radius 2 is 1.33 bits per heavy atom. The minimum Gasteiger partial charge on any atom is -0.493 e. The Bertz CT molecular complexity index is 895. The quantitative estimate of drug-likeness (QED) is 0.502. The van der Waals surface area contributed by atoms with Gasteiger partial charge >= 0.3 is 0 Å². The molecule has 4 rings (SSSR count). The molecule has 2 aliphatic rings. The van der Waals surface area contributed by atoms with Gasteiger partial charge in [0.15, 0.2) is 0 Å². The second kappa shape index (κ2) is 11.9. The number of hydrogen-bond donors (Lipinski definition) is 1. The molecule has 0 spiro atoms. The lowest BCUT2D eigenvalue weighted by Crippen LogP contribution is -2.24. The molecular weight excluding hydrogens is 412 g/mol. The van der Waals surface area contributed by atoms with E-state index in [9.17, 15) is 5.11 Å². The maximum atomic E-state index is 9.67. The van der Waals surface area contributed by atoms with Crippen molar-refractivity contribution in [2.45, 2.75) is 52.1 Å². The van der Waals surface area contributed by atoms with Gasteiger partial charge in [0.1, 0.15) is 11.5 Å². The number of likely N-dealkylation sites (tertiary alicyclic amines) is 2. The molecule has 1 atom stereocenters. The van der Waals surface area contributed by atoms with Crippen molar-refractivity contribution < 1.29 is 14.6 Å². The molecule has 0 bridgehead atoms. The standard InChI is InChI=1S/C28H40N2O3/c1-22-25(9-5-11-27(22)32-19-7-16-29-14-3-4-15-29)26-10-6-12-28(23(26)2)33-20-8-17-30-18-13-24(31)21-30/h5-6,9-12,24,31H,3-4,7-8,13-21H2,1-2H3. The van der Waals surface area contributed by atoms with Gasteiger partial charge in [-0.2, -0.15) is 0 Å². The zero-order valence-corrected chi connectivity index (χ0v) is 20.4. The summed E-state index contributed by atoms with van der Waals surface area (Å²) in [5.41, 5.74) is 4.77. The molecule has 2 aromatic rings. The number of rotatable bonds is 11. The first kappa shape index (κ1) is 24.1. The van der Waals surface area contributed by atoms with Crippen LogP contribution in [0.4, 0.5) is 0 Å². The lowest BCUT2D eigenvalue weighted by molar-refractivity contribution is 0.173. The highest BCUT2D eigenvalue weighted by Gasteiger charge is 2.19. The topological polar surface area (TPSA) is 45.2 Å². The Hall–Kier alpha value is -2.08. The van der Waals surface area contributed by atoms with Gasteiger partial charge < -0.3 is 24.4 Å². The molecule has 2 heterocycles. The third-order valence-corrected chi connectivity index (χ3v) is 7.06. The van der Waals surface area contributed by atoms with Gasteiger partial charge in [-0.1, -0.05) is 24.3 Å². The zero-order chi connectivity index (χ0) is 23.0. The van der Waals surface area contributed by atoms with Gasteiger partial charge in [0, 0.05) is 26.2 Å². The van der Waals surface area contributed by atoms with Crippen molar-refractivity contribution in [3.63, 3.8) is 0 Å². The Morgan fingerprint density at radius 1 is 0.788 bits per heavy atom. The van der Waals surface area contributed by atoms with Crippen molar-refractivity contribution in [1.82, 2.24) is 9.80 Å². The molecule has 2 saturated heterocycles. The highest BCUT2D eigenvalue weighted by molar-refractivity contribution is 5.74. The predicted octanol–water partition coefficient (Wildman–Crippen LogP) is 4.67. The van der Waals surface area contributed by atoms with Crippen LogP contribution in [0.15, 0.2) is 36.4 Å². The molecule has 5 nitrogen and oxygen atoms in total. The molecule has 2 aromatic carbocycles. The summed E-state index contributed by atoms with van der Waals surface area (Å²) in [6, 6.07) is 12.7. The highest BCUT2D eigenvalue weighted by Crippen LogP contribution is 2.35. The Labute approximate surface area is 199 Å². The molecule has 33 heavy (non-hydrogen) atoms. The summed E-state index contributed by atoms with van der Waals surface area (Å²) in [7, 11) is 0. The number of nitrogens with zero attached hydrogens (tertiary/aromatic N) is 2. The van der Waals surface area contributed by atoms with Gasteiger partial charge in [-0.25, -0.2) is 0 Å². The van der Waals surface area contributed by atoms with Crippen LogP contribution in [-0.2, 0) is 0 Å². The minimum absolute atomic E-state index is 0.155. The van der Waals surface area contributed by atoms with E-state index in [0.717, 1.165) is 63.5 Å². The number of benzene rings is 2. The number of β-amino-alcohol motifs (C(OH)–C–C–N with tert-alkyl or cyclic N) is 1. The minimum atomic E-state index is -0.155. The number of aliphatic hydroxyl groups excluding tert-OH is 1. The monoisotopic (exact) mass is 452 g/mol. The maximum Gasteiger partial charge on any atom is 0.122 e. The molecule has 0 aliphatic carbocycles. The number of ether oxygens (including phenoxy) is 2. The summed E-state index contributed by atoms with van der Waals surface area (Å²) in [6.07, 6.45) is 5.46. The van der Waals surface area contributed by atoms with Gasteiger partial charge in [-0.05, 0) is 93.4 Å². The first-order valence-corrected chi connectivity index (χ1v) is 12.7. The molecule has 5 heteroatoms. The average Bonchev–Trinajstić information content (AvgIpc) is 3.48. The molecule has 0 radical (unpaired) electrons. The van der Waals surface area contributed by atoms with E-state index in [2.05, 4.69) is 60.0 Å². The molecule has 0 saturated carbocycles. The SMILES string of the molecule is Cc1c(OCCCN2CCCC2)cccc1-c1cccc(OCCCN2CCC(O)C2)c1C. The first-order valence-electron chi connectivity index (χ1n) is 12.7. The van der Waals surface area contributed by atoms with E-state index in [1.165, 1.54) is 48.2 Å². The summed E-state index contributed by atoms with van der Waals surface area (Å²) in [6.45, 7) is 12.1. The second-order valence-electron chi connectivity index (χ2n) is 9.55. The van der Waals surface area contributed by atoms with Gasteiger partial charge in [0.25, 0.3) is 0 Å². The van der Waals surface area contributed by atoms with Crippen molar-refractivity contribution >= 4 is 0 Å². The molecule has 2 fully saturated rings. The van der Waals surface area contributed by atoms with Crippen LogP contribution >= 0.6 is 0 Å². The van der Waals surface area contributed by atoms with Crippen molar-refractivity contribution in [1.29, 1.82) is 0 Å². The van der Waals surface area contributed by atoms with Crippen molar-refractivity contribution in [3.8, 4) is 22.6 Å². The maximum absolute atomic E-state index is 9.67. The third-order valence-electron chi connectivity index (χ3n) is 7.06. The zero-order valence-electron chi connectivity index (χ0n) is 20.4. The summed E-state index contributed by atoms with van der Waals surface area (Å²) in [5.74, 6) is 1.93. The molecule has 1 unspecified atom stereocenters. The lowest BCUT2D eigenvalue weighted by Gasteiger charge is -2.18. The third kappa shape index (κ3) is 6.50. The van der Waals surface area contributed by atoms with E-state index < -0.39 is 0 Å². The average molecular weight is 453 g/mol. The lowest BCUT2D eigenvalue weighted by atomic mass is 9.95. The van der Waals surface area contributed by atoms with E-state index in [1.807, 2.05) is 0 Å². The van der Waals surface area contributed by atoms with Gasteiger partial charge in [-0.15, -0.1) is 0 Å². The fourth-order valence-electron chi connectivity index (χ4n) is 5.09. The smallest absolute Gasteiger partial charge is 0.122 e. The first-order chi connectivity index (χ1) is 16.1. The van der Waals surface area contributed by atoms with Crippen LogP contribution in [-0.4, -0.2) is 73.5 Å². The Kier molecular flexibility index (Phi) is 8.65. The van der Waals surface area contributed by atoms with Crippen LogP contribution < -0.4 is 9.47 Å². The van der Waals surface area contributed by atoms with Crippen molar-refractivity contribution in [2.75, 3.05) is 52.5 Å². The summed E-state index contributed by atoms with van der Waals surface area (Å²) < 4.78 is 12.3. The van der Waals surface area contributed by atoms with Crippen LogP contribution in [0.1, 0.15) is 43.2 Å². The molecule has 0 aromatic heterocycles. The van der Waals surface area contributed by atoms with E-state index in [0.29, 0.717) is 6.61 Å². The Balaban J connectivity index is 1.33. The fraction of sp³-hybridized carbons (Fsp3) is 0.571. The van der Waals surface area contributed by atoms with Crippen LogP contribution in [0.5, 0.6) is 11.5 Å². The van der Waals surface area contributed by atoms with Crippen molar-refractivity contribution in [2.24, 2.45) is 0 Å². The van der Waals surface area contributed by atoms with Gasteiger partial charge in [-0.3, -0.25) is 0 Å². The van der Waals surface area contributed by atoms with Crippen LogP contribution in [0.25, 0.3) is 11.1 Å². The van der Waals surface area contributed by atoms with E-state index in [-0.39, 0.29) is 6.10 Å². The normalized spacial score (nSPS) is 19.3. The van der Waals surface area contributed by atoms with E-state index >= 15 is 0 Å². The Morgan fingerprint density at radius 3 is 1.85 bits per heavy atom. The summed E-state index contributed by atoms with van der Waals surface area (Å²) >= 11 is 0.